The van der Waals surface area contributed by atoms with E-state index < -0.39 is 15.9 Å². The lowest BCUT2D eigenvalue weighted by molar-refractivity contribution is 0.102. The van der Waals surface area contributed by atoms with Crippen molar-refractivity contribution in [2.45, 2.75) is 11.8 Å². The van der Waals surface area contributed by atoms with E-state index in [0.29, 0.717) is 10.1 Å². The molecular weight excluding hydrogens is 444 g/mol. The molecule has 1 N–H and O–H groups in total. The lowest BCUT2D eigenvalue weighted by Gasteiger charge is -2.22. The highest BCUT2D eigenvalue weighted by Crippen LogP contribution is 2.29. The molecule has 32 heavy (non-hydrogen) atoms. The fourth-order valence-corrected chi connectivity index (χ4v) is 5.03. The smallest absolute Gasteiger partial charge is 0.264 e. The fourth-order valence-electron chi connectivity index (χ4n) is 3.07. The molecule has 4 rings (SSSR count). The average molecular weight is 465 g/mol. The Bertz CT molecular complexity index is 1350. The van der Waals surface area contributed by atoms with E-state index in [9.17, 15) is 13.2 Å². The van der Waals surface area contributed by atoms with E-state index in [1.54, 1.807) is 48.5 Å². The molecule has 0 saturated heterocycles. The van der Waals surface area contributed by atoms with Crippen LogP contribution in [0.2, 0.25) is 0 Å². The first-order valence-electron chi connectivity index (χ1n) is 9.71. The SMILES string of the molecule is Cc1ccc(S(=O)(=O)N(C)c2ccccc2C(=O)Nc2nnc(-c3ccccc3)s2)cc1. The van der Waals surface area contributed by atoms with Crippen LogP contribution in [-0.4, -0.2) is 31.6 Å². The molecule has 4 aromatic rings. The summed E-state index contributed by atoms with van der Waals surface area (Å²) >= 11 is 1.24. The Morgan fingerprint density at radius 1 is 0.906 bits per heavy atom. The molecule has 1 amide bonds. The number of amides is 1. The third kappa shape index (κ3) is 4.39. The third-order valence-corrected chi connectivity index (χ3v) is 7.51. The minimum absolute atomic E-state index is 0.150. The van der Waals surface area contributed by atoms with Crippen LogP contribution in [0.4, 0.5) is 10.8 Å². The largest absolute Gasteiger partial charge is 0.296 e. The molecule has 0 saturated carbocycles. The Morgan fingerprint density at radius 2 is 1.56 bits per heavy atom. The minimum Gasteiger partial charge on any atom is -0.296 e. The van der Waals surface area contributed by atoms with Gasteiger partial charge >= 0.3 is 0 Å². The molecule has 0 aliphatic rings. The van der Waals surface area contributed by atoms with Crippen molar-refractivity contribution in [3.8, 4) is 10.6 Å². The standard InChI is InChI=1S/C23H20N4O3S2/c1-16-12-14-18(15-13-16)32(29,30)27(2)20-11-7-6-10-19(20)21(28)24-23-26-25-22(31-23)17-8-4-3-5-9-17/h3-15H,1-2H3,(H,24,26,28). The summed E-state index contributed by atoms with van der Waals surface area (Å²) in [6.07, 6.45) is 0. The minimum atomic E-state index is -3.84. The topological polar surface area (TPSA) is 92.3 Å². The van der Waals surface area contributed by atoms with Crippen molar-refractivity contribution in [2.75, 3.05) is 16.7 Å². The van der Waals surface area contributed by atoms with E-state index in [0.717, 1.165) is 15.4 Å². The Morgan fingerprint density at radius 3 is 2.28 bits per heavy atom. The molecule has 0 atom stereocenters. The highest BCUT2D eigenvalue weighted by Gasteiger charge is 2.25. The molecule has 162 valence electrons. The van der Waals surface area contributed by atoms with Crippen LogP contribution in [0.25, 0.3) is 10.6 Å². The monoisotopic (exact) mass is 464 g/mol. The predicted molar refractivity (Wildman–Crippen MR) is 127 cm³/mol. The molecule has 0 bridgehead atoms. The molecule has 3 aromatic carbocycles. The summed E-state index contributed by atoms with van der Waals surface area (Å²) in [6, 6.07) is 22.6. The number of nitrogens with one attached hydrogen (secondary N) is 1. The number of rotatable bonds is 6. The lowest BCUT2D eigenvalue weighted by atomic mass is 10.1. The van der Waals surface area contributed by atoms with Gasteiger partial charge in [-0.3, -0.25) is 14.4 Å². The molecule has 1 aromatic heterocycles. The van der Waals surface area contributed by atoms with E-state index in [1.165, 1.54) is 18.4 Å². The highest BCUT2D eigenvalue weighted by atomic mass is 32.2. The molecule has 0 aliphatic heterocycles. The maximum Gasteiger partial charge on any atom is 0.264 e. The van der Waals surface area contributed by atoms with Crippen molar-refractivity contribution in [3.05, 3.63) is 90.0 Å². The van der Waals surface area contributed by atoms with Crippen LogP contribution >= 0.6 is 11.3 Å². The Balaban J connectivity index is 1.60. The van der Waals surface area contributed by atoms with E-state index in [2.05, 4.69) is 15.5 Å². The molecule has 0 fully saturated rings. The Kier molecular flexibility index (Phi) is 6.02. The van der Waals surface area contributed by atoms with Crippen molar-refractivity contribution in [1.29, 1.82) is 0 Å². The lowest BCUT2D eigenvalue weighted by Crippen LogP contribution is -2.29. The number of para-hydroxylation sites is 1. The van der Waals surface area contributed by atoms with E-state index in [1.807, 2.05) is 37.3 Å². The zero-order chi connectivity index (χ0) is 22.7. The summed E-state index contributed by atoms with van der Waals surface area (Å²) < 4.78 is 27.3. The van der Waals surface area contributed by atoms with Crippen LogP contribution in [-0.2, 0) is 10.0 Å². The Labute approximate surface area is 190 Å². The van der Waals surface area contributed by atoms with Crippen molar-refractivity contribution < 1.29 is 13.2 Å². The second kappa shape index (κ2) is 8.89. The van der Waals surface area contributed by atoms with E-state index >= 15 is 0 Å². The number of carbonyl (C=O) groups excluding carboxylic acids is 1. The van der Waals surface area contributed by atoms with Crippen molar-refractivity contribution in [2.24, 2.45) is 0 Å². The van der Waals surface area contributed by atoms with Crippen LogP contribution in [0.1, 0.15) is 15.9 Å². The zero-order valence-electron chi connectivity index (χ0n) is 17.4. The number of hydrogen-bond donors (Lipinski definition) is 1. The first-order chi connectivity index (χ1) is 15.4. The van der Waals surface area contributed by atoms with Crippen molar-refractivity contribution in [3.63, 3.8) is 0 Å². The predicted octanol–water partition coefficient (Wildman–Crippen LogP) is 4.59. The van der Waals surface area contributed by atoms with Gasteiger partial charge in [0.25, 0.3) is 15.9 Å². The van der Waals surface area contributed by atoms with Crippen molar-refractivity contribution >= 4 is 38.1 Å². The van der Waals surface area contributed by atoms with Crippen LogP contribution in [0, 0.1) is 6.92 Å². The molecular formula is C23H20N4O3S2. The number of sulfonamides is 1. The average Bonchev–Trinajstić information content (AvgIpc) is 3.28. The molecule has 0 spiro atoms. The second-order valence-corrected chi connectivity index (χ2v) is 9.98. The van der Waals surface area contributed by atoms with Crippen LogP contribution in [0.5, 0.6) is 0 Å². The fraction of sp³-hybridized carbons (Fsp3) is 0.0870. The van der Waals surface area contributed by atoms with Crippen LogP contribution < -0.4 is 9.62 Å². The van der Waals surface area contributed by atoms with Gasteiger partial charge in [0.05, 0.1) is 16.1 Å². The second-order valence-electron chi connectivity index (χ2n) is 7.04. The third-order valence-electron chi connectivity index (χ3n) is 4.83. The Hall–Kier alpha value is -3.56. The number of aryl methyl sites for hydroxylation is 1. The molecule has 0 aliphatic carbocycles. The van der Waals surface area contributed by atoms with Crippen molar-refractivity contribution in [1.82, 2.24) is 10.2 Å². The molecule has 0 radical (unpaired) electrons. The quantitative estimate of drug-likeness (QED) is 0.451. The van der Waals surface area contributed by atoms with E-state index in [4.69, 9.17) is 0 Å². The van der Waals surface area contributed by atoms with E-state index in [-0.39, 0.29) is 16.1 Å². The highest BCUT2D eigenvalue weighted by molar-refractivity contribution is 7.92. The van der Waals surface area contributed by atoms with Gasteiger partial charge in [-0.25, -0.2) is 8.42 Å². The van der Waals surface area contributed by atoms with Gasteiger partial charge in [-0.05, 0) is 31.2 Å². The number of nitrogens with zero attached hydrogens (tertiary/aromatic N) is 3. The van der Waals surface area contributed by atoms with Gasteiger partial charge in [0, 0.05) is 12.6 Å². The molecule has 7 nitrogen and oxygen atoms in total. The molecule has 9 heteroatoms. The van der Waals surface area contributed by atoms with Gasteiger partial charge in [-0.2, -0.15) is 0 Å². The summed E-state index contributed by atoms with van der Waals surface area (Å²) in [4.78, 5) is 13.1. The van der Waals surface area contributed by atoms with Gasteiger partial charge in [0.2, 0.25) is 5.13 Å². The number of carbonyl (C=O) groups is 1. The zero-order valence-corrected chi connectivity index (χ0v) is 19.0. The maximum absolute atomic E-state index is 13.1. The normalized spacial score (nSPS) is 11.2. The van der Waals surface area contributed by atoms with Gasteiger partial charge in [0.15, 0.2) is 0 Å². The van der Waals surface area contributed by atoms with Gasteiger partial charge in [-0.1, -0.05) is 71.5 Å². The maximum atomic E-state index is 13.1. The van der Waals surface area contributed by atoms with Gasteiger partial charge < -0.3 is 0 Å². The van der Waals surface area contributed by atoms with Crippen LogP contribution in [0.3, 0.4) is 0 Å². The summed E-state index contributed by atoms with van der Waals surface area (Å²) in [6.45, 7) is 1.89. The van der Waals surface area contributed by atoms with Crippen LogP contribution in [0.15, 0.2) is 83.8 Å². The summed E-state index contributed by atoms with van der Waals surface area (Å²) in [5.41, 5.74) is 2.33. The number of benzene rings is 3. The number of anilines is 2. The molecule has 0 unspecified atom stereocenters. The number of hydrogen-bond acceptors (Lipinski definition) is 6. The van der Waals surface area contributed by atoms with Gasteiger partial charge in [-0.15, -0.1) is 10.2 Å². The van der Waals surface area contributed by atoms with Gasteiger partial charge in [0.1, 0.15) is 5.01 Å². The summed E-state index contributed by atoms with van der Waals surface area (Å²) in [5.74, 6) is -0.470. The number of aromatic nitrogens is 2. The first-order valence-corrected chi connectivity index (χ1v) is 12.0. The summed E-state index contributed by atoms with van der Waals surface area (Å²) in [7, 11) is -2.41. The summed E-state index contributed by atoms with van der Waals surface area (Å²) in [5, 5.41) is 11.9. The molecule has 1 heterocycles. The first kappa shape index (κ1) is 21.7.